The van der Waals surface area contributed by atoms with Gasteiger partial charge in [0.25, 0.3) is 0 Å². The number of benzene rings is 2. The maximum absolute atomic E-state index is 12.6. The van der Waals surface area contributed by atoms with E-state index in [2.05, 4.69) is 34.6 Å². The van der Waals surface area contributed by atoms with Crippen molar-refractivity contribution in [1.29, 1.82) is 0 Å². The van der Waals surface area contributed by atoms with Crippen LogP contribution in [0.1, 0.15) is 24.0 Å². The molecule has 2 N–H and O–H groups in total. The van der Waals surface area contributed by atoms with Crippen LogP contribution in [0.2, 0.25) is 0 Å². The van der Waals surface area contributed by atoms with E-state index in [4.69, 9.17) is 0 Å². The Morgan fingerprint density at radius 3 is 2.57 bits per heavy atom. The lowest BCUT2D eigenvalue weighted by molar-refractivity contribution is -0.123. The normalized spacial score (nSPS) is 15.5. The van der Waals surface area contributed by atoms with Gasteiger partial charge < -0.3 is 10.3 Å². The van der Waals surface area contributed by atoms with Crippen molar-refractivity contribution in [2.45, 2.75) is 24.7 Å². The van der Waals surface area contributed by atoms with Crippen LogP contribution in [0, 0.1) is 0 Å². The summed E-state index contributed by atoms with van der Waals surface area (Å²) in [6, 6.07) is 18.4. The van der Waals surface area contributed by atoms with E-state index in [9.17, 15) is 4.79 Å². The fourth-order valence-corrected chi connectivity index (χ4v) is 3.35. The molecule has 3 aromatic rings. The molecule has 116 valence electrons. The highest BCUT2D eigenvalue weighted by Gasteiger charge is 2.50. The van der Waals surface area contributed by atoms with E-state index in [-0.39, 0.29) is 11.3 Å². The predicted molar refractivity (Wildman–Crippen MR) is 92.4 cm³/mol. The number of aromatic amines is 1. The summed E-state index contributed by atoms with van der Waals surface area (Å²) in [5.74, 6) is 0.170. The number of hydrogen-bond donors (Lipinski definition) is 2. The molecular formula is C20H20N2O. The molecule has 0 atom stereocenters. The SMILES string of the molecule is O=C(NCCc1c[nH]c2ccccc12)C1(c2ccccc2)CC1. The van der Waals surface area contributed by atoms with Crippen molar-refractivity contribution in [3.63, 3.8) is 0 Å². The van der Waals surface area contributed by atoms with Crippen molar-refractivity contribution in [1.82, 2.24) is 10.3 Å². The van der Waals surface area contributed by atoms with Gasteiger partial charge in [0.05, 0.1) is 5.41 Å². The zero-order valence-corrected chi connectivity index (χ0v) is 13.0. The summed E-state index contributed by atoms with van der Waals surface area (Å²) in [4.78, 5) is 15.9. The Morgan fingerprint density at radius 2 is 1.78 bits per heavy atom. The molecule has 1 aromatic heterocycles. The minimum absolute atomic E-state index is 0.170. The summed E-state index contributed by atoms with van der Waals surface area (Å²) in [5, 5.41) is 4.38. The molecule has 1 saturated carbocycles. The molecule has 0 spiro atoms. The Balaban J connectivity index is 1.41. The number of H-pyrrole nitrogens is 1. The second-order valence-corrected chi connectivity index (χ2v) is 6.31. The third kappa shape index (κ3) is 2.52. The van der Waals surface area contributed by atoms with Gasteiger partial charge in [-0.15, -0.1) is 0 Å². The third-order valence-electron chi connectivity index (χ3n) is 4.87. The fraction of sp³-hybridized carbons (Fsp3) is 0.250. The first-order valence-electron chi connectivity index (χ1n) is 8.18. The summed E-state index contributed by atoms with van der Waals surface area (Å²) in [7, 11) is 0. The molecule has 1 aliphatic carbocycles. The van der Waals surface area contributed by atoms with Crippen LogP contribution in [-0.2, 0) is 16.6 Å². The monoisotopic (exact) mass is 304 g/mol. The zero-order valence-electron chi connectivity index (χ0n) is 13.0. The number of carbonyl (C=O) groups excluding carboxylic acids is 1. The summed E-state index contributed by atoms with van der Waals surface area (Å²) in [6.07, 6.45) is 4.80. The Labute approximate surface area is 135 Å². The van der Waals surface area contributed by atoms with Crippen LogP contribution in [0.15, 0.2) is 60.8 Å². The molecule has 1 aliphatic rings. The van der Waals surface area contributed by atoms with E-state index in [0.717, 1.165) is 30.3 Å². The van der Waals surface area contributed by atoms with Gasteiger partial charge in [-0.1, -0.05) is 48.5 Å². The molecule has 0 saturated heterocycles. The van der Waals surface area contributed by atoms with Crippen LogP contribution < -0.4 is 5.32 Å². The first kappa shape index (κ1) is 14.1. The fourth-order valence-electron chi connectivity index (χ4n) is 3.35. The highest BCUT2D eigenvalue weighted by atomic mass is 16.2. The molecule has 0 unspecified atom stereocenters. The van der Waals surface area contributed by atoms with Crippen molar-refractivity contribution in [3.8, 4) is 0 Å². The maximum atomic E-state index is 12.6. The topological polar surface area (TPSA) is 44.9 Å². The zero-order chi connectivity index (χ0) is 15.7. The second-order valence-electron chi connectivity index (χ2n) is 6.31. The van der Waals surface area contributed by atoms with E-state index < -0.39 is 0 Å². The maximum Gasteiger partial charge on any atom is 0.230 e. The quantitative estimate of drug-likeness (QED) is 0.744. The lowest BCUT2D eigenvalue weighted by Crippen LogP contribution is -2.35. The molecule has 0 aliphatic heterocycles. The minimum Gasteiger partial charge on any atom is -0.361 e. The van der Waals surface area contributed by atoms with Gasteiger partial charge in [-0.3, -0.25) is 4.79 Å². The van der Waals surface area contributed by atoms with Crippen molar-refractivity contribution in [3.05, 3.63) is 71.9 Å². The van der Waals surface area contributed by atoms with Gasteiger partial charge in [0.15, 0.2) is 0 Å². The van der Waals surface area contributed by atoms with Crippen LogP contribution >= 0.6 is 0 Å². The number of fused-ring (bicyclic) bond motifs is 1. The van der Waals surface area contributed by atoms with Gasteiger partial charge in [0.2, 0.25) is 5.91 Å². The molecule has 0 bridgehead atoms. The van der Waals surface area contributed by atoms with E-state index >= 15 is 0 Å². The van der Waals surface area contributed by atoms with Crippen molar-refractivity contribution < 1.29 is 4.79 Å². The Morgan fingerprint density at radius 1 is 1.04 bits per heavy atom. The summed E-state index contributed by atoms with van der Waals surface area (Å²) < 4.78 is 0. The highest BCUT2D eigenvalue weighted by Crippen LogP contribution is 2.48. The van der Waals surface area contributed by atoms with E-state index in [1.807, 2.05) is 36.5 Å². The summed E-state index contributed by atoms with van der Waals surface area (Å²) in [6.45, 7) is 0.676. The molecule has 23 heavy (non-hydrogen) atoms. The molecule has 3 heteroatoms. The standard InChI is InChI=1S/C20H20N2O/c23-19(20(11-12-20)16-6-2-1-3-7-16)21-13-10-15-14-22-18-9-5-4-8-17(15)18/h1-9,14,22H,10-13H2,(H,21,23). The molecule has 0 radical (unpaired) electrons. The average molecular weight is 304 g/mol. The van der Waals surface area contributed by atoms with Crippen LogP contribution in [0.4, 0.5) is 0 Å². The van der Waals surface area contributed by atoms with E-state index in [1.54, 1.807) is 0 Å². The minimum atomic E-state index is -0.276. The number of rotatable bonds is 5. The van der Waals surface area contributed by atoms with Gasteiger partial charge in [-0.25, -0.2) is 0 Å². The predicted octanol–water partition coefficient (Wildman–Crippen LogP) is 3.56. The molecule has 1 fully saturated rings. The molecule has 4 rings (SSSR count). The van der Waals surface area contributed by atoms with E-state index in [0.29, 0.717) is 6.54 Å². The smallest absolute Gasteiger partial charge is 0.230 e. The Hall–Kier alpha value is -2.55. The summed E-state index contributed by atoms with van der Waals surface area (Å²) in [5.41, 5.74) is 3.27. The Kier molecular flexibility index (Phi) is 3.41. The average Bonchev–Trinajstić information content (AvgIpc) is 3.32. The van der Waals surface area contributed by atoms with Crippen molar-refractivity contribution >= 4 is 16.8 Å². The number of carbonyl (C=O) groups is 1. The lowest BCUT2D eigenvalue weighted by Gasteiger charge is -2.15. The van der Waals surface area contributed by atoms with Gasteiger partial charge in [0.1, 0.15) is 0 Å². The first-order chi connectivity index (χ1) is 11.3. The number of para-hydroxylation sites is 1. The number of hydrogen-bond acceptors (Lipinski definition) is 1. The van der Waals surface area contributed by atoms with Crippen molar-refractivity contribution in [2.24, 2.45) is 0 Å². The molecule has 2 aromatic carbocycles. The van der Waals surface area contributed by atoms with Gasteiger partial charge in [0, 0.05) is 23.6 Å². The first-order valence-corrected chi connectivity index (χ1v) is 8.18. The molecule has 3 nitrogen and oxygen atoms in total. The van der Waals surface area contributed by atoms with E-state index in [1.165, 1.54) is 10.9 Å². The number of aromatic nitrogens is 1. The van der Waals surface area contributed by atoms with Gasteiger partial charge in [-0.2, -0.15) is 0 Å². The third-order valence-corrected chi connectivity index (χ3v) is 4.87. The number of amides is 1. The number of nitrogens with one attached hydrogen (secondary N) is 2. The molecular weight excluding hydrogens is 284 g/mol. The summed E-state index contributed by atoms with van der Waals surface area (Å²) >= 11 is 0. The highest BCUT2D eigenvalue weighted by molar-refractivity contribution is 5.91. The Bertz CT molecular complexity index is 831. The largest absolute Gasteiger partial charge is 0.361 e. The van der Waals surface area contributed by atoms with Gasteiger partial charge in [-0.05, 0) is 36.5 Å². The molecule has 1 heterocycles. The van der Waals surface area contributed by atoms with Crippen LogP contribution in [0.25, 0.3) is 10.9 Å². The molecule has 1 amide bonds. The van der Waals surface area contributed by atoms with Crippen molar-refractivity contribution in [2.75, 3.05) is 6.54 Å². The lowest BCUT2D eigenvalue weighted by atomic mass is 9.95. The van der Waals surface area contributed by atoms with Gasteiger partial charge >= 0.3 is 0 Å². The van der Waals surface area contributed by atoms with Crippen LogP contribution in [0.3, 0.4) is 0 Å². The second kappa shape index (κ2) is 5.58. The van der Waals surface area contributed by atoms with Crippen LogP contribution in [0.5, 0.6) is 0 Å². The van der Waals surface area contributed by atoms with Crippen LogP contribution in [-0.4, -0.2) is 17.4 Å².